The van der Waals surface area contributed by atoms with Crippen molar-refractivity contribution in [2.24, 2.45) is 0 Å². The Kier molecular flexibility index (Phi) is 7.92. The van der Waals surface area contributed by atoms with Crippen molar-refractivity contribution in [2.45, 2.75) is 4.90 Å². The Labute approximate surface area is 207 Å². The lowest BCUT2D eigenvalue weighted by atomic mass is 10.3. The van der Waals surface area contributed by atoms with E-state index in [1.807, 2.05) is 0 Å². The molecule has 1 aromatic heterocycles. The Hall–Kier alpha value is -2.01. The van der Waals surface area contributed by atoms with Gasteiger partial charge in [0.1, 0.15) is 10.0 Å². The fraction of sp³-hybridized carbons (Fsp3) is 0.0556. The Balaban J connectivity index is 1.65. The molecule has 1 heterocycles. The van der Waals surface area contributed by atoms with Gasteiger partial charge in [-0.05, 0) is 30.3 Å². The third-order valence-corrected chi connectivity index (χ3v) is 7.34. The summed E-state index contributed by atoms with van der Waals surface area (Å²) in [7, 11) is -3.90. The number of anilines is 2. The van der Waals surface area contributed by atoms with E-state index in [-0.39, 0.29) is 41.7 Å². The van der Waals surface area contributed by atoms with E-state index >= 15 is 0 Å². The van der Waals surface area contributed by atoms with Crippen LogP contribution in [0.1, 0.15) is 0 Å². The molecule has 0 spiro atoms. The molecule has 0 saturated carbocycles. The molecular formula is C18H11Cl5N4O4S. The largest absolute Gasteiger partial charge is 0.481 e. The molecule has 2 aromatic carbocycles. The van der Waals surface area contributed by atoms with E-state index < -0.39 is 22.5 Å². The van der Waals surface area contributed by atoms with Crippen molar-refractivity contribution < 1.29 is 17.9 Å². The number of carbonyl (C=O) groups is 1. The van der Waals surface area contributed by atoms with Crippen molar-refractivity contribution in [2.75, 3.05) is 16.6 Å². The molecule has 0 fully saturated rings. The minimum absolute atomic E-state index is 0.0384. The molecule has 0 unspecified atom stereocenters. The first-order valence-corrected chi connectivity index (χ1v) is 11.8. The molecule has 0 radical (unpaired) electrons. The van der Waals surface area contributed by atoms with E-state index in [1.165, 1.54) is 36.7 Å². The second-order valence-electron chi connectivity index (χ2n) is 5.94. The summed E-state index contributed by atoms with van der Waals surface area (Å²) in [4.78, 5) is 19.8. The number of hydrogen-bond acceptors (Lipinski definition) is 6. The van der Waals surface area contributed by atoms with Gasteiger partial charge in [0.25, 0.3) is 15.9 Å². The minimum atomic E-state index is -3.90. The predicted octanol–water partition coefficient (Wildman–Crippen LogP) is 5.56. The van der Waals surface area contributed by atoms with Gasteiger partial charge in [0, 0.05) is 18.1 Å². The van der Waals surface area contributed by atoms with Crippen LogP contribution in [-0.4, -0.2) is 30.9 Å². The van der Waals surface area contributed by atoms with Crippen LogP contribution in [0.3, 0.4) is 0 Å². The van der Waals surface area contributed by atoms with Gasteiger partial charge < -0.3 is 10.1 Å². The monoisotopic (exact) mass is 554 g/mol. The normalized spacial score (nSPS) is 11.2. The molecule has 3 aromatic rings. The topological polar surface area (TPSA) is 110 Å². The second-order valence-corrected chi connectivity index (χ2v) is 9.51. The van der Waals surface area contributed by atoms with Crippen LogP contribution >= 0.6 is 58.0 Å². The molecule has 0 bridgehead atoms. The number of benzene rings is 2. The maximum Gasteiger partial charge on any atom is 0.264 e. The third kappa shape index (κ3) is 5.67. The van der Waals surface area contributed by atoms with Crippen molar-refractivity contribution in [1.29, 1.82) is 0 Å². The number of sulfonamides is 1. The number of rotatable bonds is 7. The van der Waals surface area contributed by atoms with Crippen LogP contribution in [0.2, 0.25) is 25.1 Å². The number of ether oxygens (including phenoxy) is 1. The molecule has 2 N–H and O–H groups in total. The Morgan fingerprint density at radius 3 is 1.97 bits per heavy atom. The molecule has 0 aliphatic heterocycles. The van der Waals surface area contributed by atoms with Crippen molar-refractivity contribution in [1.82, 2.24) is 9.97 Å². The summed E-state index contributed by atoms with van der Waals surface area (Å²) in [5.74, 6) is -0.744. The van der Waals surface area contributed by atoms with Gasteiger partial charge in [-0.1, -0.05) is 58.0 Å². The van der Waals surface area contributed by atoms with Crippen molar-refractivity contribution in [3.05, 3.63) is 67.8 Å². The van der Waals surface area contributed by atoms with Crippen LogP contribution in [-0.2, 0) is 14.8 Å². The van der Waals surface area contributed by atoms with Crippen LogP contribution in [0.5, 0.6) is 5.75 Å². The van der Waals surface area contributed by atoms with Crippen molar-refractivity contribution in [3.8, 4) is 5.75 Å². The summed E-state index contributed by atoms with van der Waals surface area (Å²) in [5, 5.41) is 2.18. The maximum atomic E-state index is 12.4. The maximum absolute atomic E-state index is 12.4. The first kappa shape index (κ1) is 24.6. The minimum Gasteiger partial charge on any atom is -0.481 e. The van der Waals surface area contributed by atoms with E-state index in [2.05, 4.69) is 20.0 Å². The summed E-state index contributed by atoms with van der Waals surface area (Å²) < 4.78 is 32.3. The second kappa shape index (κ2) is 10.3. The van der Waals surface area contributed by atoms with Gasteiger partial charge in [-0.3, -0.25) is 4.79 Å². The zero-order valence-corrected chi connectivity index (χ0v) is 20.2. The molecule has 168 valence electrons. The number of halogens is 5. The van der Waals surface area contributed by atoms with E-state index in [9.17, 15) is 13.2 Å². The van der Waals surface area contributed by atoms with Crippen LogP contribution in [0, 0.1) is 0 Å². The molecule has 8 nitrogen and oxygen atoms in total. The molecule has 0 saturated heterocycles. The number of aromatic nitrogens is 2. The highest BCUT2D eigenvalue weighted by Crippen LogP contribution is 2.48. The molecule has 32 heavy (non-hydrogen) atoms. The van der Waals surface area contributed by atoms with Gasteiger partial charge in [0.15, 0.2) is 12.4 Å². The number of nitrogens with one attached hydrogen (secondary N) is 2. The number of amides is 1. The van der Waals surface area contributed by atoms with Gasteiger partial charge in [-0.15, -0.1) is 0 Å². The van der Waals surface area contributed by atoms with Crippen LogP contribution in [0.25, 0.3) is 0 Å². The van der Waals surface area contributed by atoms with E-state index in [0.717, 1.165) is 0 Å². The SMILES string of the molecule is O=C(COc1c(Cl)c(Cl)c(Cl)c(Cl)c1Cl)Nc1ccc(S(=O)(=O)Nc2ncccn2)cc1. The van der Waals surface area contributed by atoms with Gasteiger partial charge >= 0.3 is 0 Å². The van der Waals surface area contributed by atoms with Gasteiger partial charge in [-0.2, -0.15) is 0 Å². The molecule has 0 aliphatic carbocycles. The van der Waals surface area contributed by atoms with Crippen LogP contribution in [0.15, 0.2) is 47.6 Å². The number of nitrogens with zero attached hydrogens (tertiary/aromatic N) is 2. The summed E-state index contributed by atoms with van der Waals surface area (Å²) in [6.07, 6.45) is 2.80. The van der Waals surface area contributed by atoms with E-state index in [0.29, 0.717) is 5.69 Å². The van der Waals surface area contributed by atoms with Crippen molar-refractivity contribution in [3.63, 3.8) is 0 Å². The highest BCUT2D eigenvalue weighted by atomic mass is 35.5. The smallest absolute Gasteiger partial charge is 0.264 e. The molecule has 3 rings (SSSR count). The van der Waals surface area contributed by atoms with Gasteiger partial charge in [0.05, 0.1) is 20.0 Å². The number of hydrogen-bond donors (Lipinski definition) is 2. The zero-order chi connectivity index (χ0) is 23.5. The Morgan fingerprint density at radius 2 is 1.41 bits per heavy atom. The average molecular weight is 557 g/mol. The van der Waals surface area contributed by atoms with Crippen molar-refractivity contribution >= 4 is 85.6 Å². The number of carbonyl (C=O) groups excluding carboxylic acids is 1. The fourth-order valence-corrected chi connectivity index (χ4v) is 4.48. The quantitative estimate of drug-likeness (QED) is 0.291. The summed E-state index contributed by atoms with van der Waals surface area (Å²) >= 11 is 29.9. The molecule has 0 atom stereocenters. The standard InChI is InChI=1S/C18H11Cl5N4O4S/c19-12-13(20)15(22)17(16(23)14(12)21)31-8-11(28)26-9-2-4-10(5-3-9)32(29,30)27-18-24-6-1-7-25-18/h1-7H,8H2,(H,26,28)(H,24,25,27). The van der Waals surface area contributed by atoms with E-state index in [4.69, 9.17) is 62.7 Å². The van der Waals surface area contributed by atoms with E-state index in [1.54, 1.807) is 6.07 Å². The lowest BCUT2D eigenvalue weighted by Crippen LogP contribution is -2.20. The summed E-state index contributed by atoms with van der Waals surface area (Å²) in [6.45, 7) is -0.485. The summed E-state index contributed by atoms with van der Waals surface area (Å²) in [5.41, 5.74) is 0.317. The lowest BCUT2D eigenvalue weighted by molar-refractivity contribution is -0.118. The zero-order valence-electron chi connectivity index (χ0n) is 15.6. The van der Waals surface area contributed by atoms with Gasteiger partial charge in [0.2, 0.25) is 5.95 Å². The van der Waals surface area contributed by atoms with Crippen LogP contribution in [0.4, 0.5) is 11.6 Å². The third-order valence-electron chi connectivity index (χ3n) is 3.76. The highest BCUT2D eigenvalue weighted by Gasteiger charge is 2.21. The molecule has 0 aliphatic rings. The Morgan fingerprint density at radius 1 is 0.875 bits per heavy atom. The van der Waals surface area contributed by atoms with Crippen LogP contribution < -0.4 is 14.8 Å². The first-order valence-electron chi connectivity index (χ1n) is 8.44. The molecule has 14 heteroatoms. The highest BCUT2D eigenvalue weighted by molar-refractivity contribution is 7.92. The lowest BCUT2D eigenvalue weighted by Gasteiger charge is -2.14. The molecular weight excluding hydrogens is 546 g/mol. The fourth-order valence-electron chi connectivity index (χ4n) is 2.29. The predicted molar refractivity (Wildman–Crippen MR) is 125 cm³/mol. The first-order chi connectivity index (χ1) is 15.1. The molecule has 1 amide bonds. The average Bonchev–Trinajstić information content (AvgIpc) is 2.77. The Bertz CT molecular complexity index is 1230. The van der Waals surface area contributed by atoms with Gasteiger partial charge in [-0.25, -0.2) is 23.1 Å². The summed E-state index contributed by atoms with van der Waals surface area (Å²) in [6, 6.07) is 6.95.